The lowest BCUT2D eigenvalue weighted by atomic mass is 10.0. The molecule has 0 saturated carbocycles. The minimum atomic E-state index is -4.34. The third-order valence-corrected chi connectivity index (χ3v) is 8.91. The summed E-state index contributed by atoms with van der Waals surface area (Å²) in [6.07, 6.45) is -1.33. The molecule has 1 aromatic carbocycles. The predicted molar refractivity (Wildman–Crippen MR) is 168 cm³/mol. The number of carbonyl (C=O) groups is 2. The minimum absolute atomic E-state index is 0.0465. The molecule has 0 bridgehead atoms. The van der Waals surface area contributed by atoms with Gasteiger partial charge in [-0.2, -0.15) is 15.1 Å². The number of esters is 2. The maximum atomic E-state index is 14.3. The number of aryl methyl sites for hydroxylation is 1. The topological polar surface area (TPSA) is 202 Å². The Labute approximate surface area is 267 Å². The van der Waals surface area contributed by atoms with E-state index in [0.29, 0.717) is 22.5 Å². The molecule has 4 N–H and O–H groups in total. The van der Waals surface area contributed by atoms with Crippen molar-refractivity contribution in [3.63, 3.8) is 0 Å². The zero-order chi connectivity index (χ0) is 33.8. The number of fused-ring (bicyclic) bond motifs is 1. The van der Waals surface area contributed by atoms with Crippen LogP contribution in [0.25, 0.3) is 11.2 Å². The maximum Gasteiger partial charge on any atom is 0.459 e. The number of hydrogen-bond donors (Lipinski definition) is 3. The second-order valence-electron chi connectivity index (χ2n) is 11.4. The van der Waals surface area contributed by atoms with Gasteiger partial charge in [-0.15, -0.1) is 0 Å². The molecule has 4 rings (SSSR count). The lowest BCUT2D eigenvalue weighted by Gasteiger charge is -2.26. The molecule has 3 heterocycles. The lowest BCUT2D eigenvalue weighted by Crippen LogP contribution is -2.37. The summed E-state index contributed by atoms with van der Waals surface area (Å²) < 4.78 is 43.9. The van der Waals surface area contributed by atoms with Gasteiger partial charge in [0.05, 0.1) is 32.3 Å². The fraction of sp³-hybridized carbons (Fsp3) is 0.552. The van der Waals surface area contributed by atoms with Gasteiger partial charge in [0.25, 0.3) is 0 Å². The van der Waals surface area contributed by atoms with Gasteiger partial charge in [0.2, 0.25) is 5.95 Å². The number of ether oxygens (including phenoxy) is 3. The summed E-state index contributed by atoms with van der Waals surface area (Å²) in [5, 5.41) is 13.8. The molecule has 0 spiro atoms. The first-order valence-corrected chi connectivity index (χ1v) is 16.3. The Balaban J connectivity index is 1.57. The molecule has 252 valence electrons. The van der Waals surface area contributed by atoms with Gasteiger partial charge >= 0.3 is 19.7 Å². The monoisotopic (exact) mass is 663 g/mol. The van der Waals surface area contributed by atoms with E-state index in [1.807, 2.05) is 0 Å². The van der Waals surface area contributed by atoms with Gasteiger partial charge in [-0.05, 0) is 38.8 Å². The van der Waals surface area contributed by atoms with Crippen LogP contribution in [0.1, 0.15) is 45.9 Å². The Bertz CT molecular complexity index is 1580. The molecule has 1 fully saturated rings. The van der Waals surface area contributed by atoms with Crippen LogP contribution in [0, 0.1) is 5.92 Å². The largest absolute Gasteiger partial charge is 0.469 e. The van der Waals surface area contributed by atoms with Gasteiger partial charge in [-0.25, -0.2) is 9.55 Å². The smallest absolute Gasteiger partial charge is 0.459 e. The normalized spacial score (nSPS) is 21.6. The van der Waals surface area contributed by atoms with E-state index in [2.05, 4.69) is 20.0 Å². The summed E-state index contributed by atoms with van der Waals surface area (Å²) in [6, 6.07) is 5.60. The fourth-order valence-electron chi connectivity index (χ4n) is 4.92. The highest BCUT2D eigenvalue weighted by Crippen LogP contribution is 2.47. The van der Waals surface area contributed by atoms with Crippen molar-refractivity contribution in [2.24, 2.45) is 5.92 Å². The molecule has 16 nitrogen and oxygen atoms in total. The van der Waals surface area contributed by atoms with Crippen LogP contribution in [-0.2, 0) is 39.3 Å². The number of aromatic nitrogens is 4. The van der Waals surface area contributed by atoms with E-state index in [4.69, 9.17) is 29.0 Å². The molecule has 1 aliphatic heterocycles. The van der Waals surface area contributed by atoms with Crippen LogP contribution in [0.5, 0.6) is 5.75 Å². The number of nitrogens with one attached hydrogen (secondary N) is 1. The standard InChI is InChI=1S/C29H42N7O9P/c1-16(2)43-28(39)18(4)34-46(40,45-20-11-9-8-10-19(20)12-13-22(37)41-7)42-14-21-24(38)17(3)27(44-21)36-15-31-23-25(35(5)6)32-29(30)33-26(23)36/h8-11,15-18,21,24,27,38H,12-14H2,1-7H3,(H,34,40)(H2,30,32,33)/t17-,18-,21+,24-,27+,46?/m0/s1. The number of aliphatic hydroxyl groups is 1. The molecule has 3 aromatic rings. The zero-order valence-electron chi connectivity index (χ0n) is 26.9. The summed E-state index contributed by atoms with van der Waals surface area (Å²) in [4.78, 5) is 39.2. The molecule has 2 aromatic heterocycles. The van der Waals surface area contributed by atoms with Gasteiger partial charge in [0, 0.05) is 26.4 Å². The molecule has 0 radical (unpaired) electrons. The van der Waals surface area contributed by atoms with Crippen LogP contribution in [0.3, 0.4) is 0 Å². The van der Waals surface area contributed by atoms with Crippen LogP contribution in [-0.4, -0.2) is 88.7 Å². The molecule has 1 aliphatic rings. The average Bonchev–Trinajstić information content (AvgIpc) is 3.54. The molecule has 1 saturated heterocycles. The number of nitrogens with two attached hydrogens (primary N) is 1. The second-order valence-corrected chi connectivity index (χ2v) is 13.1. The molecular formula is C29H42N7O9P. The molecular weight excluding hydrogens is 621 g/mol. The number of para-hydroxylation sites is 1. The van der Waals surface area contributed by atoms with Crippen molar-refractivity contribution in [2.45, 2.75) is 71.1 Å². The number of carbonyl (C=O) groups excluding carboxylic acids is 2. The highest BCUT2D eigenvalue weighted by Gasteiger charge is 2.44. The summed E-state index contributed by atoms with van der Waals surface area (Å²) in [5.74, 6) is -0.829. The van der Waals surface area contributed by atoms with Gasteiger partial charge in [0.1, 0.15) is 24.1 Å². The third-order valence-electron chi connectivity index (χ3n) is 7.28. The van der Waals surface area contributed by atoms with E-state index in [1.54, 1.807) is 68.6 Å². The minimum Gasteiger partial charge on any atom is -0.469 e. The van der Waals surface area contributed by atoms with Crippen molar-refractivity contribution in [3.05, 3.63) is 36.2 Å². The number of rotatable bonds is 14. The van der Waals surface area contributed by atoms with Crippen molar-refractivity contribution in [1.82, 2.24) is 24.6 Å². The molecule has 17 heteroatoms. The summed E-state index contributed by atoms with van der Waals surface area (Å²) in [6.45, 7) is 6.25. The number of anilines is 2. The van der Waals surface area contributed by atoms with Crippen molar-refractivity contribution >= 4 is 42.6 Å². The summed E-state index contributed by atoms with van der Waals surface area (Å²) in [7, 11) is 0.567. The highest BCUT2D eigenvalue weighted by atomic mass is 31.2. The third kappa shape index (κ3) is 8.12. The van der Waals surface area contributed by atoms with E-state index in [0.717, 1.165) is 0 Å². The Kier molecular flexibility index (Phi) is 11.2. The first-order chi connectivity index (χ1) is 21.7. The number of nitrogens with zero attached hydrogens (tertiary/aromatic N) is 5. The molecule has 1 unspecified atom stereocenters. The summed E-state index contributed by atoms with van der Waals surface area (Å²) >= 11 is 0. The van der Waals surface area contributed by atoms with Crippen LogP contribution >= 0.6 is 7.75 Å². The Morgan fingerprint density at radius 2 is 1.93 bits per heavy atom. The van der Waals surface area contributed by atoms with Crippen LogP contribution in [0.4, 0.5) is 11.8 Å². The fourth-order valence-corrected chi connectivity index (χ4v) is 6.46. The van der Waals surface area contributed by atoms with Gasteiger partial charge in [0.15, 0.2) is 17.0 Å². The Morgan fingerprint density at radius 1 is 1.22 bits per heavy atom. The SMILES string of the molecule is COC(=O)CCc1ccccc1OP(=O)(N[C@@H](C)C(=O)OC(C)C)OC[C@H]1O[C@@H](n2cnc3c(N(C)C)nc(N)nc32)[C@@H](C)[C@@H]1O. The van der Waals surface area contributed by atoms with E-state index in [-0.39, 0.29) is 31.1 Å². The van der Waals surface area contributed by atoms with Crippen molar-refractivity contribution in [2.75, 3.05) is 38.4 Å². The van der Waals surface area contributed by atoms with Gasteiger partial charge in [-0.1, -0.05) is 25.1 Å². The average molecular weight is 664 g/mol. The quantitative estimate of drug-likeness (QED) is 0.168. The molecule has 46 heavy (non-hydrogen) atoms. The van der Waals surface area contributed by atoms with Crippen molar-refractivity contribution in [1.29, 1.82) is 0 Å². The van der Waals surface area contributed by atoms with Gasteiger partial charge in [-0.3, -0.25) is 18.7 Å². The number of hydrogen-bond acceptors (Lipinski definition) is 14. The second kappa shape index (κ2) is 14.7. The van der Waals surface area contributed by atoms with E-state index >= 15 is 0 Å². The van der Waals surface area contributed by atoms with E-state index in [9.17, 15) is 19.3 Å². The predicted octanol–water partition coefficient (Wildman–Crippen LogP) is 2.61. The van der Waals surface area contributed by atoms with E-state index < -0.39 is 56.2 Å². The Hall–Kier alpha value is -3.82. The zero-order valence-corrected chi connectivity index (χ0v) is 27.8. The Morgan fingerprint density at radius 3 is 2.61 bits per heavy atom. The van der Waals surface area contributed by atoms with Gasteiger partial charge < -0.3 is 34.5 Å². The van der Waals surface area contributed by atoms with Crippen LogP contribution < -0.4 is 20.2 Å². The first-order valence-electron chi connectivity index (χ1n) is 14.8. The summed E-state index contributed by atoms with van der Waals surface area (Å²) in [5.41, 5.74) is 7.45. The highest BCUT2D eigenvalue weighted by molar-refractivity contribution is 7.52. The number of benzene rings is 1. The number of nitrogen functional groups attached to an aromatic ring is 1. The molecule has 6 atom stereocenters. The lowest BCUT2D eigenvalue weighted by molar-refractivity contribution is -0.149. The number of methoxy groups -OCH3 is 1. The maximum absolute atomic E-state index is 14.3. The number of imidazole rings is 1. The molecule has 0 amide bonds. The molecule has 0 aliphatic carbocycles. The van der Waals surface area contributed by atoms with Crippen molar-refractivity contribution < 1.29 is 42.5 Å². The van der Waals surface area contributed by atoms with Crippen LogP contribution in [0.15, 0.2) is 30.6 Å². The van der Waals surface area contributed by atoms with E-state index in [1.165, 1.54) is 20.4 Å². The van der Waals surface area contributed by atoms with Crippen molar-refractivity contribution in [3.8, 4) is 5.75 Å². The van der Waals surface area contributed by atoms with Crippen LogP contribution in [0.2, 0.25) is 0 Å². The first kappa shape index (κ1) is 35.0. The number of aliphatic hydroxyl groups excluding tert-OH is 1.